The number of methoxy groups -OCH3 is 1. The van der Waals surface area contributed by atoms with E-state index in [1.165, 1.54) is 7.11 Å². The molecule has 156 valence electrons. The van der Waals surface area contributed by atoms with E-state index in [1.54, 1.807) is 13.8 Å². The van der Waals surface area contributed by atoms with Crippen molar-refractivity contribution >= 4 is 17.5 Å². The average Bonchev–Trinajstić information content (AvgIpc) is 2.95. The maximum absolute atomic E-state index is 13.3. The van der Waals surface area contributed by atoms with Crippen LogP contribution in [0.5, 0.6) is 0 Å². The maximum atomic E-state index is 13.3. The lowest BCUT2D eigenvalue weighted by Crippen LogP contribution is -2.56. The normalized spacial score (nSPS) is 40.8. The molecule has 8 heteroatoms. The molecule has 4 N–H and O–H groups in total. The van der Waals surface area contributed by atoms with Gasteiger partial charge in [-0.15, -0.1) is 0 Å². The summed E-state index contributed by atoms with van der Waals surface area (Å²) in [7, 11) is 1.45. The van der Waals surface area contributed by atoms with Crippen molar-refractivity contribution in [2.24, 2.45) is 22.5 Å². The van der Waals surface area contributed by atoms with Gasteiger partial charge in [-0.2, -0.15) is 0 Å². The summed E-state index contributed by atoms with van der Waals surface area (Å²) in [6.45, 7) is 3.47. The molecule has 4 aliphatic rings. The number of nitrogens with two attached hydrogens (primary N) is 1. The Hall–Kier alpha value is -2.45. The summed E-state index contributed by atoms with van der Waals surface area (Å²) in [4.78, 5) is 38.3. The molecule has 5 atom stereocenters. The van der Waals surface area contributed by atoms with Crippen molar-refractivity contribution in [3.63, 3.8) is 0 Å². The Kier molecular flexibility index (Phi) is 4.29. The van der Waals surface area contributed by atoms with Gasteiger partial charge in [0.2, 0.25) is 5.78 Å². The van der Waals surface area contributed by atoms with Gasteiger partial charge >= 0.3 is 5.97 Å². The molecule has 29 heavy (non-hydrogen) atoms. The number of carbonyl (C=O) groups excluding carboxylic acids is 3. The van der Waals surface area contributed by atoms with Crippen LogP contribution in [0.15, 0.2) is 34.3 Å². The van der Waals surface area contributed by atoms with Crippen LogP contribution in [0.4, 0.5) is 0 Å². The molecule has 2 fully saturated rings. The van der Waals surface area contributed by atoms with Crippen LogP contribution in [0.25, 0.3) is 0 Å². The molecule has 1 saturated carbocycles. The van der Waals surface area contributed by atoms with Crippen molar-refractivity contribution in [3.05, 3.63) is 34.3 Å². The largest absolute Gasteiger partial charge is 0.504 e. The first-order valence-electron chi connectivity index (χ1n) is 9.69. The molecule has 4 rings (SSSR count). The van der Waals surface area contributed by atoms with Gasteiger partial charge in [-0.05, 0) is 25.3 Å². The van der Waals surface area contributed by atoms with Crippen molar-refractivity contribution in [1.29, 1.82) is 0 Å². The highest BCUT2D eigenvalue weighted by atomic mass is 16.6. The first-order valence-corrected chi connectivity index (χ1v) is 9.69. The molecule has 0 aromatic rings. The van der Waals surface area contributed by atoms with Gasteiger partial charge in [-0.3, -0.25) is 9.59 Å². The minimum atomic E-state index is -1.21. The molecule has 8 nitrogen and oxygen atoms in total. The lowest BCUT2D eigenvalue weighted by Gasteiger charge is -2.52. The van der Waals surface area contributed by atoms with Crippen LogP contribution >= 0.6 is 0 Å². The standard InChI is InChI=1S/C21H25NO7/c1-20-6-11(23)16-14(10(20)4-5-12(20)24)17(25)18(26)15-9(7-22)19(27)29-13(8-28-3)21(15,16)2/h7,10-11,13,23,26H,4-6,8,22H2,1-3H3/b9-7+/t10?,11-,13-,20+,21+/m1/s1. The lowest BCUT2D eigenvalue weighted by molar-refractivity contribution is -0.157. The molecular weight excluding hydrogens is 378 g/mol. The Labute approximate surface area is 168 Å². The summed E-state index contributed by atoms with van der Waals surface area (Å²) in [6.07, 6.45) is -0.0278. The van der Waals surface area contributed by atoms with Crippen molar-refractivity contribution in [2.75, 3.05) is 13.7 Å². The van der Waals surface area contributed by atoms with Crippen LogP contribution < -0.4 is 5.73 Å². The number of carbonyl (C=O) groups is 3. The topological polar surface area (TPSA) is 136 Å². The van der Waals surface area contributed by atoms with E-state index < -0.39 is 46.5 Å². The highest BCUT2D eigenvalue weighted by molar-refractivity contribution is 6.13. The molecule has 0 spiro atoms. The number of ketones is 2. The molecule has 0 bridgehead atoms. The number of hydrogen-bond donors (Lipinski definition) is 3. The lowest BCUT2D eigenvalue weighted by atomic mass is 9.53. The molecule has 1 heterocycles. The van der Waals surface area contributed by atoms with Crippen LogP contribution in [0.2, 0.25) is 0 Å². The fourth-order valence-corrected chi connectivity index (χ4v) is 5.85. The molecule has 3 aliphatic carbocycles. The second kappa shape index (κ2) is 6.27. The van der Waals surface area contributed by atoms with E-state index in [1.807, 2.05) is 0 Å². The summed E-state index contributed by atoms with van der Waals surface area (Å²) in [5.74, 6) is -2.42. The second-order valence-corrected chi connectivity index (χ2v) is 8.66. The monoisotopic (exact) mass is 403 g/mol. The van der Waals surface area contributed by atoms with Gasteiger partial charge in [0.1, 0.15) is 11.9 Å². The summed E-state index contributed by atoms with van der Waals surface area (Å²) in [5, 5.41) is 22.1. The summed E-state index contributed by atoms with van der Waals surface area (Å²) < 4.78 is 10.8. The average molecular weight is 403 g/mol. The third-order valence-corrected chi connectivity index (χ3v) is 7.30. The van der Waals surface area contributed by atoms with Crippen molar-refractivity contribution in [3.8, 4) is 0 Å². The van der Waals surface area contributed by atoms with E-state index in [9.17, 15) is 24.6 Å². The van der Waals surface area contributed by atoms with E-state index in [-0.39, 0.29) is 35.5 Å². The van der Waals surface area contributed by atoms with Gasteiger partial charge in [0.15, 0.2) is 5.76 Å². The maximum Gasteiger partial charge on any atom is 0.340 e. The van der Waals surface area contributed by atoms with E-state index in [0.717, 1.165) is 6.20 Å². The highest BCUT2D eigenvalue weighted by Gasteiger charge is 2.63. The molecule has 1 saturated heterocycles. The summed E-state index contributed by atoms with van der Waals surface area (Å²) in [6, 6.07) is 0. The van der Waals surface area contributed by atoms with Crippen LogP contribution in [-0.4, -0.2) is 53.7 Å². The SMILES string of the molecule is COC[C@H]1OC(=O)/C(=C/N)C2=C(O)C(=O)C3=C([C@H](O)C[C@]4(C)C(=O)CCC34)[C@]21C. The second-order valence-electron chi connectivity index (χ2n) is 8.66. The number of rotatable bonds is 2. The minimum Gasteiger partial charge on any atom is -0.504 e. The van der Waals surface area contributed by atoms with Gasteiger partial charge in [0.25, 0.3) is 0 Å². The molecule has 0 amide bonds. The fraction of sp³-hybridized carbons (Fsp3) is 0.571. The zero-order chi connectivity index (χ0) is 21.3. The molecule has 0 radical (unpaired) electrons. The highest BCUT2D eigenvalue weighted by Crippen LogP contribution is 2.61. The Morgan fingerprint density at radius 2 is 2.00 bits per heavy atom. The number of allylic oxidation sites excluding steroid dienone is 1. The van der Waals surface area contributed by atoms with E-state index in [4.69, 9.17) is 15.2 Å². The van der Waals surface area contributed by atoms with E-state index in [2.05, 4.69) is 0 Å². The quantitative estimate of drug-likeness (QED) is 0.456. The van der Waals surface area contributed by atoms with E-state index >= 15 is 0 Å². The molecule has 1 aliphatic heterocycles. The fourth-order valence-electron chi connectivity index (χ4n) is 5.85. The van der Waals surface area contributed by atoms with Crippen LogP contribution in [0.3, 0.4) is 0 Å². The number of cyclic esters (lactones) is 1. The summed E-state index contributed by atoms with van der Waals surface area (Å²) in [5.41, 5.74) is 4.15. The van der Waals surface area contributed by atoms with Crippen LogP contribution in [0, 0.1) is 16.7 Å². The van der Waals surface area contributed by atoms with Gasteiger partial charge < -0.3 is 25.4 Å². The van der Waals surface area contributed by atoms with Gasteiger partial charge in [-0.1, -0.05) is 6.92 Å². The Morgan fingerprint density at radius 1 is 1.31 bits per heavy atom. The molecule has 0 aromatic heterocycles. The number of esters is 1. The van der Waals surface area contributed by atoms with Gasteiger partial charge in [0.05, 0.1) is 23.7 Å². The zero-order valence-corrected chi connectivity index (χ0v) is 16.7. The predicted molar refractivity (Wildman–Crippen MR) is 100 cm³/mol. The van der Waals surface area contributed by atoms with E-state index in [0.29, 0.717) is 18.4 Å². The Bertz CT molecular complexity index is 929. The summed E-state index contributed by atoms with van der Waals surface area (Å²) >= 11 is 0. The number of Topliss-reactive ketones (excluding diaryl/α,β-unsaturated/α-hetero) is 2. The third-order valence-electron chi connectivity index (χ3n) is 7.30. The third kappa shape index (κ3) is 2.30. The number of hydrogen-bond acceptors (Lipinski definition) is 8. The van der Waals surface area contributed by atoms with Crippen molar-refractivity contribution < 1.29 is 34.1 Å². The first kappa shape index (κ1) is 19.8. The van der Waals surface area contributed by atoms with Gasteiger partial charge in [0, 0.05) is 42.2 Å². The Morgan fingerprint density at radius 3 is 2.62 bits per heavy atom. The van der Waals surface area contributed by atoms with Crippen molar-refractivity contribution in [2.45, 2.75) is 45.3 Å². The van der Waals surface area contributed by atoms with Crippen LogP contribution in [0.1, 0.15) is 33.1 Å². The first-order chi connectivity index (χ1) is 13.6. The molecular formula is C21H25NO7. The Balaban J connectivity index is 2.02. The molecule has 0 aromatic carbocycles. The van der Waals surface area contributed by atoms with Crippen molar-refractivity contribution in [1.82, 2.24) is 0 Å². The number of ether oxygens (including phenoxy) is 2. The number of aliphatic hydroxyl groups is 2. The smallest absolute Gasteiger partial charge is 0.340 e. The zero-order valence-electron chi connectivity index (χ0n) is 16.7. The number of aliphatic hydroxyl groups excluding tert-OH is 2. The predicted octanol–water partition coefficient (Wildman–Crippen LogP) is 0.848. The molecule has 1 unspecified atom stereocenters. The van der Waals surface area contributed by atoms with Gasteiger partial charge in [-0.25, -0.2) is 4.79 Å². The van der Waals surface area contributed by atoms with Crippen LogP contribution in [-0.2, 0) is 23.9 Å². The number of fused-ring (bicyclic) bond motifs is 4. The minimum absolute atomic E-state index is 0.00454.